The van der Waals surface area contributed by atoms with Crippen LogP contribution in [-0.4, -0.2) is 65.2 Å². The van der Waals surface area contributed by atoms with Crippen molar-refractivity contribution < 1.29 is 24.2 Å². The number of rotatable bonds is 2. The highest BCUT2D eigenvalue weighted by atomic mass is 16.6. The summed E-state index contributed by atoms with van der Waals surface area (Å²) in [6.07, 6.45) is -0.304. The van der Waals surface area contributed by atoms with Crippen molar-refractivity contribution in [2.24, 2.45) is 0 Å². The van der Waals surface area contributed by atoms with E-state index in [1.54, 1.807) is 17.0 Å². The molecule has 0 saturated carbocycles. The van der Waals surface area contributed by atoms with Gasteiger partial charge in [0, 0.05) is 32.2 Å². The first kappa shape index (κ1) is 18.5. The third-order valence-electron chi connectivity index (χ3n) is 4.75. The van der Waals surface area contributed by atoms with E-state index in [1.165, 1.54) is 0 Å². The normalized spacial score (nSPS) is 19.1. The molecule has 0 aliphatic carbocycles. The molecule has 7 heteroatoms. The van der Waals surface area contributed by atoms with Crippen molar-refractivity contribution in [3.63, 3.8) is 0 Å². The number of phenolic OH excluding ortho intramolecular Hbond substituents is 1. The third-order valence-corrected chi connectivity index (χ3v) is 4.75. The van der Waals surface area contributed by atoms with Crippen molar-refractivity contribution in [1.29, 1.82) is 0 Å². The minimum atomic E-state index is -0.512. The van der Waals surface area contributed by atoms with Crippen LogP contribution >= 0.6 is 0 Å². The van der Waals surface area contributed by atoms with Crippen molar-refractivity contribution in [2.75, 3.05) is 32.8 Å². The predicted molar refractivity (Wildman–Crippen MR) is 95.7 cm³/mol. The molecule has 1 saturated heterocycles. The summed E-state index contributed by atoms with van der Waals surface area (Å²) in [5.41, 5.74) is 0.651. The molecule has 1 atom stereocenters. The van der Waals surface area contributed by atoms with Crippen molar-refractivity contribution in [2.45, 2.75) is 39.3 Å². The van der Waals surface area contributed by atoms with E-state index in [4.69, 9.17) is 9.47 Å². The second-order valence-corrected chi connectivity index (χ2v) is 7.77. The molecule has 3 rings (SSSR count). The van der Waals surface area contributed by atoms with Crippen LogP contribution in [0.2, 0.25) is 0 Å². The second-order valence-electron chi connectivity index (χ2n) is 7.77. The van der Waals surface area contributed by atoms with E-state index in [0.29, 0.717) is 43.1 Å². The van der Waals surface area contributed by atoms with Crippen molar-refractivity contribution in [3.05, 3.63) is 23.3 Å². The summed E-state index contributed by atoms with van der Waals surface area (Å²) in [6.45, 7) is 9.95. The Bertz CT molecular complexity index is 717. The maximum atomic E-state index is 12.2. The Balaban J connectivity index is 1.69. The van der Waals surface area contributed by atoms with E-state index in [-0.39, 0.29) is 30.3 Å². The topological polar surface area (TPSA) is 79.3 Å². The number of Topliss-reactive ketones (excluding diaryl/α,β-unsaturated/α-hetero) is 1. The SMILES string of the molecule is C[C@@H](c1c(O)ccc2c1OCC2=O)N1CCN(C(=O)OC(C)(C)C)CC1. The molecule has 142 valence electrons. The average Bonchev–Trinajstić information content (AvgIpc) is 2.94. The molecule has 1 N–H and O–H groups in total. The number of nitrogens with zero attached hydrogens (tertiary/aromatic N) is 2. The number of hydrogen-bond acceptors (Lipinski definition) is 6. The zero-order valence-electron chi connectivity index (χ0n) is 15.7. The Labute approximate surface area is 153 Å². The highest BCUT2D eigenvalue weighted by molar-refractivity contribution is 6.03. The van der Waals surface area contributed by atoms with Crippen LogP contribution in [0.3, 0.4) is 0 Å². The number of carbonyl (C=O) groups is 2. The maximum Gasteiger partial charge on any atom is 0.410 e. The van der Waals surface area contributed by atoms with Crippen molar-refractivity contribution >= 4 is 11.9 Å². The number of hydrogen-bond donors (Lipinski definition) is 1. The minimum Gasteiger partial charge on any atom is -0.507 e. The van der Waals surface area contributed by atoms with Gasteiger partial charge in [-0.2, -0.15) is 0 Å². The summed E-state index contributed by atoms with van der Waals surface area (Å²) < 4.78 is 10.9. The first-order chi connectivity index (χ1) is 12.2. The lowest BCUT2D eigenvalue weighted by Gasteiger charge is -2.38. The van der Waals surface area contributed by atoms with Gasteiger partial charge in [0.1, 0.15) is 17.1 Å². The number of benzene rings is 1. The van der Waals surface area contributed by atoms with Gasteiger partial charge in [0.15, 0.2) is 6.61 Å². The van der Waals surface area contributed by atoms with E-state index in [0.717, 1.165) is 0 Å². The van der Waals surface area contributed by atoms with E-state index in [9.17, 15) is 14.7 Å². The second kappa shape index (κ2) is 6.79. The fourth-order valence-corrected chi connectivity index (χ4v) is 3.38. The number of ether oxygens (including phenoxy) is 2. The molecule has 26 heavy (non-hydrogen) atoms. The van der Waals surface area contributed by atoms with Gasteiger partial charge in [-0.1, -0.05) is 0 Å². The van der Waals surface area contributed by atoms with Crippen LogP contribution in [-0.2, 0) is 4.74 Å². The minimum absolute atomic E-state index is 0.0188. The maximum absolute atomic E-state index is 12.2. The largest absolute Gasteiger partial charge is 0.507 e. The van der Waals surface area contributed by atoms with E-state index in [1.807, 2.05) is 27.7 Å². The number of phenols is 1. The molecule has 1 aromatic rings. The molecule has 0 spiro atoms. The van der Waals surface area contributed by atoms with Crippen LogP contribution < -0.4 is 4.74 Å². The molecule has 2 aliphatic heterocycles. The Morgan fingerprint density at radius 1 is 1.23 bits per heavy atom. The molecule has 0 unspecified atom stereocenters. The zero-order valence-corrected chi connectivity index (χ0v) is 15.7. The van der Waals surface area contributed by atoms with Gasteiger partial charge in [-0.3, -0.25) is 9.69 Å². The van der Waals surface area contributed by atoms with Gasteiger partial charge in [-0.05, 0) is 39.8 Å². The van der Waals surface area contributed by atoms with Gasteiger partial charge in [0.05, 0.1) is 11.1 Å². The molecular formula is C19H26N2O5. The zero-order chi connectivity index (χ0) is 19.1. The van der Waals surface area contributed by atoms with Gasteiger partial charge < -0.3 is 19.5 Å². The molecule has 2 heterocycles. The first-order valence-electron chi connectivity index (χ1n) is 8.91. The lowest BCUT2D eigenvalue weighted by atomic mass is 9.99. The van der Waals surface area contributed by atoms with Gasteiger partial charge in [-0.25, -0.2) is 4.79 Å². The standard InChI is InChI=1S/C19H26N2O5/c1-12(16-14(22)6-5-13-15(23)11-25-17(13)16)20-7-9-21(10-8-20)18(24)26-19(2,3)4/h5-6,12,22H,7-11H2,1-4H3/t12-/m0/s1. The monoisotopic (exact) mass is 362 g/mol. The van der Waals surface area contributed by atoms with Crippen LogP contribution in [0.4, 0.5) is 4.79 Å². The summed E-state index contributed by atoms with van der Waals surface area (Å²) in [6, 6.07) is 3.03. The van der Waals surface area contributed by atoms with Crippen LogP contribution in [0.5, 0.6) is 11.5 Å². The van der Waals surface area contributed by atoms with Crippen LogP contribution in [0.1, 0.15) is 49.7 Å². The molecule has 2 aliphatic rings. The lowest BCUT2D eigenvalue weighted by molar-refractivity contribution is 0.0108. The summed E-state index contributed by atoms with van der Waals surface area (Å²) in [5, 5.41) is 10.3. The Kier molecular flexibility index (Phi) is 4.84. The summed E-state index contributed by atoms with van der Waals surface area (Å²) in [5.74, 6) is 0.542. The third kappa shape index (κ3) is 3.62. The number of piperazine rings is 1. The van der Waals surface area contributed by atoms with Crippen LogP contribution in [0.15, 0.2) is 12.1 Å². The number of amides is 1. The fraction of sp³-hybridized carbons (Fsp3) is 0.579. The number of fused-ring (bicyclic) bond motifs is 1. The first-order valence-corrected chi connectivity index (χ1v) is 8.91. The molecule has 0 aromatic heterocycles. The van der Waals surface area contributed by atoms with E-state index >= 15 is 0 Å². The molecule has 0 radical (unpaired) electrons. The summed E-state index contributed by atoms with van der Waals surface area (Å²) in [4.78, 5) is 27.9. The Hall–Kier alpha value is -2.28. The molecule has 1 aromatic carbocycles. The fourth-order valence-electron chi connectivity index (χ4n) is 3.38. The van der Waals surface area contributed by atoms with Crippen molar-refractivity contribution in [1.82, 2.24) is 9.80 Å². The van der Waals surface area contributed by atoms with Gasteiger partial charge in [0.25, 0.3) is 0 Å². The predicted octanol–water partition coefficient (Wildman–Crippen LogP) is 2.58. The van der Waals surface area contributed by atoms with E-state index < -0.39 is 5.60 Å². The van der Waals surface area contributed by atoms with Gasteiger partial charge >= 0.3 is 6.09 Å². The molecule has 1 fully saturated rings. The Morgan fingerprint density at radius 3 is 2.50 bits per heavy atom. The van der Waals surface area contributed by atoms with E-state index in [2.05, 4.69) is 4.90 Å². The summed E-state index contributed by atoms with van der Waals surface area (Å²) in [7, 11) is 0. The van der Waals surface area contributed by atoms with Gasteiger partial charge in [0.2, 0.25) is 5.78 Å². The smallest absolute Gasteiger partial charge is 0.410 e. The van der Waals surface area contributed by atoms with Gasteiger partial charge in [-0.15, -0.1) is 0 Å². The number of aromatic hydroxyl groups is 1. The van der Waals surface area contributed by atoms with Crippen molar-refractivity contribution in [3.8, 4) is 11.5 Å². The number of carbonyl (C=O) groups excluding carboxylic acids is 2. The molecule has 7 nitrogen and oxygen atoms in total. The van der Waals surface area contributed by atoms with Crippen LogP contribution in [0, 0.1) is 0 Å². The highest BCUT2D eigenvalue weighted by Gasteiger charge is 2.33. The molecular weight excluding hydrogens is 336 g/mol. The Morgan fingerprint density at radius 2 is 1.88 bits per heavy atom. The highest BCUT2D eigenvalue weighted by Crippen LogP contribution is 2.41. The quantitative estimate of drug-likeness (QED) is 0.871. The molecule has 0 bridgehead atoms. The lowest BCUT2D eigenvalue weighted by Crippen LogP contribution is -2.50. The van der Waals surface area contributed by atoms with Crippen LogP contribution in [0.25, 0.3) is 0 Å². The average molecular weight is 362 g/mol. The number of ketones is 1. The molecule has 1 amide bonds. The summed E-state index contributed by atoms with van der Waals surface area (Å²) >= 11 is 0.